The number of aryl methyl sites for hydroxylation is 1. The Morgan fingerprint density at radius 1 is 1.10 bits per heavy atom. The van der Waals surface area contributed by atoms with E-state index in [2.05, 4.69) is 10.6 Å². The molecule has 1 fully saturated rings. The summed E-state index contributed by atoms with van der Waals surface area (Å²) in [6.45, 7) is 6.51. The Morgan fingerprint density at radius 2 is 1.87 bits per heavy atom. The van der Waals surface area contributed by atoms with Crippen molar-refractivity contribution in [1.29, 1.82) is 0 Å². The Hall–Kier alpha value is -2.71. The lowest BCUT2D eigenvalue weighted by atomic mass is 10.1. The van der Waals surface area contributed by atoms with Crippen molar-refractivity contribution in [3.8, 4) is 0 Å². The number of piperidine rings is 1. The third-order valence-corrected chi connectivity index (χ3v) is 7.53. The first-order chi connectivity index (χ1) is 14.7. The van der Waals surface area contributed by atoms with E-state index in [4.69, 9.17) is 0 Å². The second kappa shape index (κ2) is 9.62. The standard InChI is InChI=1S/C23H29N3O4S/c1-4-24-22(27)18-9-7-10-19(14-18)25-23(28)21-15-20(12-11-16(21)2)31(29,30)26-13-6-5-8-17(26)3/h7,9-12,14-15,17H,4-6,8,13H2,1-3H3,(H,24,27)(H,25,28)/t17-/m1/s1. The first kappa shape index (κ1) is 23.0. The topological polar surface area (TPSA) is 95.6 Å². The smallest absolute Gasteiger partial charge is 0.255 e. The Labute approximate surface area is 183 Å². The number of amides is 2. The summed E-state index contributed by atoms with van der Waals surface area (Å²) in [5.41, 5.74) is 1.86. The van der Waals surface area contributed by atoms with Crippen LogP contribution in [0.25, 0.3) is 0 Å². The Bertz CT molecular complexity index is 1080. The summed E-state index contributed by atoms with van der Waals surface area (Å²) >= 11 is 0. The highest BCUT2D eigenvalue weighted by molar-refractivity contribution is 7.89. The molecule has 1 aliphatic heterocycles. The lowest BCUT2D eigenvalue weighted by Gasteiger charge is -2.32. The van der Waals surface area contributed by atoms with Gasteiger partial charge in [-0.05, 0) is 69.5 Å². The minimum absolute atomic E-state index is 0.0608. The van der Waals surface area contributed by atoms with Crippen LogP contribution in [0.3, 0.4) is 0 Å². The average molecular weight is 444 g/mol. The molecule has 2 amide bonds. The summed E-state index contributed by atoms with van der Waals surface area (Å²) < 4.78 is 27.9. The Morgan fingerprint density at radius 3 is 2.58 bits per heavy atom. The maximum Gasteiger partial charge on any atom is 0.255 e. The molecule has 2 aromatic rings. The second-order valence-corrected chi connectivity index (χ2v) is 9.72. The molecule has 0 bridgehead atoms. The minimum Gasteiger partial charge on any atom is -0.352 e. The fourth-order valence-electron chi connectivity index (χ4n) is 3.77. The van der Waals surface area contributed by atoms with Gasteiger partial charge in [0.25, 0.3) is 11.8 Å². The van der Waals surface area contributed by atoms with Gasteiger partial charge < -0.3 is 10.6 Å². The van der Waals surface area contributed by atoms with Crippen LogP contribution in [0.4, 0.5) is 5.69 Å². The van der Waals surface area contributed by atoms with Gasteiger partial charge in [0, 0.05) is 35.9 Å². The summed E-state index contributed by atoms with van der Waals surface area (Å²) in [6.07, 6.45) is 2.69. The molecule has 0 aliphatic carbocycles. The van der Waals surface area contributed by atoms with Crippen LogP contribution >= 0.6 is 0 Å². The van der Waals surface area contributed by atoms with Crippen molar-refractivity contribution in [1.82, 2.24) is 9.62 Å². The van der Waals surface area contributed by atoms with E-state index in [9.17, 15) is 18.0 Å². The number of carbonyl (C=O) groups is 2. The van der Waals surface area contributed by atoms with Gasteiger partial charge in [-0.1, -0.05) is 18.6 Å². The molecule has 31 heavy (non-hydrogen) atoms. The van der Waals surface area contributed by atoms with Gasteiger partial charge in [-0.2, -0.15) is 4.31 Å². The molecule has 166 valence electrons. The number of nitrogens with one attached hydrogen (secondary N) is 2. The summed E-state index contributed by atoms with van der Waals surface area (Å²) in [7, 11) is -3.68. The molecular formula is C23H29N3O4S. The third-order valence-electron chi connectivity index (χ3n) is 5.52. The summed E-state index contributed by atoms with van der Waals surface area (Å²) in [4.78, 5) is 25.1. The van der Waals surface area contributed by atoms with Crippen molar-refractivity contribution in [3.05, 3.63) is 59.2 Å². The van der Waals surface area contributed by atoms with Gasteiger partial charge in [0.05, 0.1) is 4.90 Å². The summed E-state index contributed by atoms with van der Waals surface area (Å²) in [5.74, 6) is -0.646. The van der Waals surface area contributed by atoms with Crippen molar-refractivity contribution < 1.29 is 18.0 Å². The zero-order valence-electron chi connectivity index (χ0n) is 18.1. The van der Waals surface area contributed by atoms with Crippen LogP contribution in [0.15, 0.2) is 47.4 Å². The lowest BCUT2D eigenvalue weighted by Crippen LogP contribution is -2.42. The molecule has 2 N–H and O–H groups in total. The van der Waals surface area contributed by atoms with Gasteiger partial charge in [-0.15, -0.1) is 0 Å². The van der Waals surface area contributed by atoms with Gasteiger partial charge in [-0.25, -0.2) is 8.42 Å². The maximum atomic E-state index is 13.2. The molecule has 7 nitrogen and oxygen atoms in total. The van der Waals surface area contributed by atoms with Crippen molar-refractivity contribution in [2.45, 2.75) is 51.0 Å². The SMILES string of the molecule is CCNC(=O)c1cccc(NC(=O)c2cc(S(=O)(=O)N3CCCC[C@H]3C)ccc2C)c1. The number of sulfonamides is 1. The maximum absolute atomic E-state index is 13.2. The highest BCUT2D eigenvalue weighted by Gasteiger charge is 2.31. The third kappa shape index (κ3) is 5.14. The highest BCUT2D eigenvalue weighted by Crippen LogP contribution is 2.26. The Balaban J connectivity index is 1.86. The van der Waals surface area contributed by atoms with Crippen molar-refractivity contribution in [2.24, 2.45) is 0 Å². The summed E-state index contributed by atoms with van der Waals surface area (Å²) in [5, 5.41) is 5.49. The zero-order chi connectivity index (χ0) is 22.6. The lowest BCUT2D eigenvalue weighted by molar-refractivity contribution is 0.0954. The van der Waals surface area contributed by atoms with Gasteiger partial charge in [0.15, 0.2) is 0 Å². The van der Waals surface area contributed by atoms with Crippen LogP contribution in [-0.2, 0) is 10.0 Å². The average Bonchev–Trinajstić information content (AvgIpc) is 2.74. The monoisotopic (exact) mass is 443 g/mol. The number of rotatable bonds is 6. The van der Waals surface area contributed by atoms with Gasteiger partial charge in [-0.3, -0.25) is 9.59 Å². The van der Waals surface area contributed by atoms with Gasteiger partial charge in [0.2, 0.25) is 10.0 Å². The predicted molar refractivity (Wildman–Crippen MR) is 121 cm³/mol. The van der Waals surface area contributed by atoms with E-state index >= 15 is 0 Å². The first-order valence-corrected chi connectivity index (χ1v) is 12.0. The Kier molecular flexibility index (Phi) is 7.12. The van der Waals surface area contributed by atoms with Gasteiger partial charge in [0.1, 0.15) is 0 Å². The summed E-state index contributed by atoms with van der Waals surface area (Å²) in [6, 6.07) is 11.2. The molecule has 2 aromatic carbocycles. The van der Waals surface area contributed by atoms with E-state index in [1.165, 1.54) is 10.4 Å². The van der Waals surface area contributed by atoms with Crippen LogP contribution in [0.5, 0.6) is 0 Å². The largest absolute Gasteiger partial charge is 0.352 e. The molecule has 8 heteroatoms. The molecule has 0 spiro atoms. The van der Waals surface area contributed by atoms with Crippen LogP contribution in [0, 0.1) is 6.92 Å². The van der Waals surface area contributed by atoms with Crippen molar-refractivity contribution >= 4 is 27.5 Å². The number of carbonyl (C=O) groups excluding carboxylic acids is 2. The van der Waals surface area contributed by atoms with E-state index in [-0.39, 0.29) is 22.4 Å². The molecule has 0 radical (unpaired) electrons. The molecule has 3 rings (SSSR count). The molecule has 0 aromatic heterocycles. The molecular weight excluding hydrogens is 414 g/mol. The van der Waals surface area contributed by atoms with E-state index in [0.717, 1.165) is 19.3 Å². The molecule has 1 aliphatic rings. The second-order valence-electron chi connectivity index (χ2n) is 7.83. The minimum atomic E-state index is -3.68. The van der Waals surface area contributed by atoms with E-state index in [1.54, 1.807) is 43.3 Å². The molecule has 1 atom stereocenters. The highest BCUT2D eigenvalue weighted by atomic mass is 32.2. The predicted octanol–water partition coefficient (Wildman–Crippen LogP) is 3.56. The quantitative estimate of drug-likeness (QED) is 0.714. The van der Waals surface area contributed by atoms with E-state index < -0.39 is 15.9 Å². The normalized spacial score (nSPS) is 17.2. The van der Waals surface area contributed by atoms with Crippen molar-refractivity contribution in [2.75, 3.05) is 18.4 Å². The van der Waals surface area contributed by atoms with Gasteiger partial charge >= 0.3 is 0 Å². The van der Waals surface area contributed by atoms with Crippen molar-refractivity contribution in [3.63, 3.8) is 0 Å². The van der Waals surface area contributed by atoms with E-state index in [1.807, 2.05) is 13.8 Å². The first-order valence-electron chi connectivity index (χ1n) is 10.6. The fourth-order valence-corrected chi connectivity index (χ4v) is 5.50. The molecule has 1 saturated heterocycles. The zero-order valence-corrected chi connectivity index (χ0v) is 19.0. The number of nitrogens with zero attached hydrogens (tertiary/aromatic N) is 1. The fraction of sp³-hybridized carbons (Fsp3) is 0.391. The number of hydrogen-bond acceptors (Lipinski definition) is 4. The van der Waals surface area contributed by atoms with Crippen LogP contribution in [0.2, 0.25) is 0 Å². The molecule has 1 heterocycles. The molecule has 0 saturated carbocycles. The number of benzene rings is 2. The van der Waals surface area contributed by atoms with Crippen LogP contribution in [-0.4, -0.2) is 43.7 Å². The van der Waals surface area contributed by atoms with Crippen LogP contribution in [0.1, 0.15) is 59.4 Å². The number of hydrogen-bond donors (Lipinski definition) is 2. The van der Waals surface area contributed by atoms with Crippen LogP contribution < -0.4 is 10.6 Å². The number of anilines is 1. The van der Waals surface area contributed by atoms with E-state index in [0.29, 0.717) is 29.9 Å². The molecule has 0 unspecified atom stereocenters.